The summed E-state index contributed by atoms with van der Waals surface area (Å²) in [5, 5.41) is 17.1. The van der Waals surface area contributed by atoms with Crippen molar-refractivity contribution >= 4 is 51.2 Å². The third-order valence-electron chi connectivity index (χ3n) is 4.09. The van der Waals surface area contributed by atoms with Crippen LogP contribution in [0.2, 0.25) is 0 Å². The van der Waals surface area contributed by atoms with Gasteiger partial charge >= 0.3 is 0 Å². The molecule has 1 aliphatic heterocycles. The topological polar surface area (TPSA) is 85.4 Å². The first-order valence-corrected chi connectivity index (χ1v) is 11.7. The molecule has 152 valence electrons. The third kappa shape index (κ3) is 5.40. The van der Waals surface area contributed by atoms with E-state index < -0.39 is 0 Å². The van der Waals surface area contributed by atoms with E-state index in [1.54, 1.807) is 23.5 Å². The first-order valence-electron chi connectivity index (χ1n) is 9.14. The third-order valence-corrected chi connectivity index (χ3v) is 7.09. The summed E-state index contributed by atoms with van der Waals surface area (Å²) in [6, 6.07) is 9.57. The molecule has 1 atom stereocenters. The minimum Gasteiger partial charge on any atom is -0.486 e. The zero-order valence-corrected chi connectivity index (χ0v) is 18.2. The normalized spacial score (nSPS) is 13.7. The molecule has 3 heterocycles. The molecule has 0 bridgehead atoms. The summed E-state index contributed by atoms with van der Waals surface area (Å²) >= 11 is 4.59. The van der Waals surface area contributed by atoms with Crippen molar-refractivity contribution in [1.82, 2.24) is 10.2 Å². The van der Waals surface area contributed by atoms with E-state index in [0.717, 1.165) is 22.4 Å². The number of nitrogens with zero attached hydrogens (tertiary/aromatic N) is 2. The zero-order chi connectivity index (χ0) is 20.1. The summed E-state index contributed by atoms with van der Waals surface area (Å²) in [6.07, 6.45) is 0.952. The van der Waals surface area contributed by atoms with E-state index in [1.807, 2.05) is 13.0 Å². The van der Waals surface area contributed by atoms with Crippen LogP contribution in [0.25, 0.3) is 0 Å². The molecule has 2 aromatic heterocycles. The maximum atomic E-state index is 12.5. The molecule has 1 aromatic carbocycles. The molecule has 2 N–H and O–H groups in total. The number of benzene rings is 1. The van der Waals surface area contributed by atoms with Crippen LogP contribution >= 0.6 is 34.4 Å². The van der Waals surface area contributed by atoms with Crippen molar-refractivity contribution in [3.05, 3.63) is 40.6 Å². The van der Waals surface area contributed by atoms with Crippen LogP contribution in [-0.2, 0) is 11.2 Å². The van der Waals surface area contributed by atoms with Gasteiger partial charge < -0.3 is 20.1 Å². The van der Waals surface area contributed by atoms with Gasteiger partial charge in [-0.05, 0) is 36.9 Å². The highest BCUT2D eigenvalue weighted by Gasteiger charge is 2.19. The fourth-order valence-corrected chi connectivity index (χ4v) is 5.28. The number of rotatable bonds is 8. The monoisotopic (exact) mass is 448 g/mol. The van der Waals surface area contributed by atoms with E-state index in [-0.39, 0.29) is 11.2 Å². The molecule has 3 aromatic rings. The number of aromatic nitrogens is 2. The molecule has 0 unspecified atom stereocenters. The molecule has 0 saturated carbocycles. The molecule has 10 heteroatoms. The molecule has 4 rings (SSSR count). The average Bonchev–Trinajstić information content (AvgIpc) is 3.40. The van der Waals surface area contributed by atoms with E-state index in [1.165, 1.54) is 28.0 Å². The van der Waals surface area contributed by atoms with Crippen LogP contribution in [0.1, 0.15) is 11.8 Å². The largest absolute Gasteiger partial charge is 0.486 e. The molecule has 29 heavy (non-hydrogen) atoms. The van der Waals surface area contributed by atoms with Gasteiger partial charge in [0.25, 0.3) is 0 Å². The van der Waals surface area contributed by atoms with Gasteiger partial charge in [0.1, 0.15) is 13.2 Å². The fraction of sp³-hybridized carbons (Fsp3) is 0.316. The number of carbonyl (C=O) groups is 1. The Morgan fingerprint density at radius 3 is 2.93 bits per heavy atom. The Labute approximate surface area is 180 Å². The highest BCUT2D eigenvalue weighted by atomic mass is 32.2. The Bertz CT molecular complexity index is 962. The van der Waals surface area contributed by atoms with Gasteiger partial charge in [-0.3, -0.25) is 4.79 Å². The molecule has 0 radical (unpaired) electrons. The van der Waals surface area contributed by atoms with E-state index in [0.29, 0.717) is 30.4 Å². The van der Waals surface area contributed by atoms with E-state index >= 15 is 0 Å². The highest BCUT2D eigenvalue weighted by Crippen LogP contribution is 2.33. The number of hydrogen-bond acceptors (Lipinski definition) is 9. The highest BCUT2D eigenvalue weighted by molar-refractivity contribution is 8.02. The predicted octanol–water partition coefficient (Wildman–Crippen LogP) is 4.14. The summed E-state index contributed by atoms with van der Waals surface area (Å²) in [7, 11) is 0. The molecule has 0 saturated heterocycles. The van der Waals surface area contributed by atoms with Gasteiger partial charge in [-0.2, -0.15) is 0 Å². The first kappa shape index (κ1) is 20.0. The summed E-state index contributed by atoms with van der Waals surface area (Å²) in [5.41, 5.74) is 0.680. The number of carbonyl (C=O) groups excluding carboxylic acids is 1. The second-order valence-electron chi connectivity index (χ2n) is 6.24. The lowest BCUT2D eigenvalue weighted by molar-refractivity contribution is -0.115. The van der Waals surface area contributed by atoms with Crippen LogP contribution in [0, 0.1) is 0 Å². The second-order valence-corrected chi connectivity index (χ2v) is 9.83. The van der Waals surface area contributed by atoms with E-state index in [4.69, 9.17) is 9.47 Å². The summed E-state index contributed by atoms with van der Waals surface area (Å²) in [6.45, 7) is 3.71. The maximum Gasteiger partial charge on any atom is 0.237 e. The van der Waals surface area contributed by atoms with Crippen LogP contribution in [0.5, 0.6) is 11.5 Å². The Morgan fingerprint density at radius 1 is 1.24 bits per heavy atom. The first-order chi connectivity index (χ1) is 14.2. The summed E-state index contributed by atoms with van der Waals surface area (Å²) < 4.78 is 11.8. The van der Waals surface area contributed by atoms with Crippen molar-refractivity contribution in [2.75, 3.05) is 30.4 Å². The average molecular weight is 449 g/mol. The maximum absolute atomic E-state index is 12.5. The quantitative estimate of drug-likeness (QED) is 0.501. The predicted molar refractivity (Wildman–Crippen MR) is 118 cm³/mol. The van der Waals surface area contributed by atoms with Crippen LogP contribution in [0.4, 0.5) is 10.8 Å². The number of ether oxygens (including phenoxy) is 2. The molecular weight excluding hydrogens is 428 g/mol. The van der Waals surface area contributed by atoms with Crippen molar-refractivity contribution in [1.29, 1.82) is 0 Å². The van der Waals surface area contributed by atoms with Crippen molar-refractivity contribution < 1.29 is 14.3 Å². The van der Waals surface area contributed by atoms with Crippen molar-refractivity contribution in [2.45, 2.75) is 22.9 Å². The van der Waals surface area contributed by atoms with Crippen LogP contribution < -0.4 is 20.1 Å². The number of fused-ring (bicyclic) bond motifs is 1. The smallest absolute Gasteiger partial charge is 0.237 e. The molecule has 7 nitrogen and oxygen atoms in total. The Hall–Kier alpha value is -2.30. The lowest BCUT2D eigenvalue weighted by Crippen LogP contribution is -2.22. The van der Waals surface area contributed by atoms with Gasteiger partial charge in [-0.15, -0.1) is 21.5 Å². The molecular formula is C19H20N4O3S3. The molecule has 1 aliphatic rings. The van der Waals surface area contributed by atoms with Crippen LogP contribution in [0.15, 0.2) is 40.1 Å². The molecule has 1 amide bonds. The number of thiophene rings is 1. The van der Waals surface area contributed by atoms with Crippen molar-refractivity contribution in [3.8, 4) is 11.5 Å². The summed E-state index contributed by atoms with van der Waals surface area (Å²) in [5.74, 6) is 1.25. The zero-order valence-electron chi connectivity index (χ0n) is 15.7. The number of anilines is 2. The van der Waals surface area contributed by atoms with Crippen molar-refractivity contribution in [2.24, 2.45) is 0 Å². The summed E-state index contributed by atoms with van der Waals surface area (Å²) in [4.78, 5) is 13.9. The lowest BCUT2D eigenvalue weighted by Gasteiger charge is -2.19. The molecule has 0 fully saturated rings. The number of nitrogens with one attached hydrogen (secondary N) is 2. The second kappa shape index (κ2) is 9.47. The number of thioether (sulfide) groups is 1. The van der Waals surface area contributed by atoms with Gasteiger partial charge in [0, 0.05) is 23.2 Å². The molecule has 0 spiro atoms. The Kier molecular flexibility index (Phi) is 6.53. The minimum atomic E-state index is -0.310. The number of amides is 1. The Morgan fingerprint density at radius 2 is 2.10 bits per heavy atom. The molecule has 0 aliphatic carbocycles. The minimum absolute atomic E-state index is 0.103. The van der Waals surface area contributed by atoms with Gasteiger partial charge in [-0.1, -0.05) is 29.2 Å². The van der Waals surface area contributed by atoms with Gasteiger partial charge in [0.15, 0.2) is 15.8 Å². The van der Waals surface area contributed by atoms with Gasteiger partial charge in [-0.25, -0.2) is 0 Å². The Balaban J connectivity index is 1.27. The van der Waals surface area contributed by atoms with Crippen molar-refractivity contribution in [3.63, 3.8) is 0 Å². The van der Waals surface area contributed by atoms with Gasteiger partial charge in [0.2, 0.25) is 11.0 Å². The van der Waals surface area contributed by atoms with Crippen LogP contribution in [-0.4, -0.2) is 41.1 Å². The lowest BCUT2D eigenvalue weighted by atomic mass is 10.2. The van der Waals surface area contributed by atoms with E-state index in [9.17, 15) is 4.79 Å². The SMILES string of the molecule is C[C@@H](Sc1nnc(NCCc2cccs2)s1)C(=O)Nc1ccc2c(c1)OCCO2. The standard InChI is InChI=1S/C19H20N4O3S3/c1-12(17(24)21-13-4-5-15-16(11-13)26-9-8-25-15)28-19-23-22-18(29-19)20-7-6-14-3-2-10-27-14/h2-5,10-12H,6-9H2,1H3,(H,20,22)(H,21,24)/t12-/m1/s1. The fourth-order valence-electron chi connectivity index (χ4n) is 2.65. The van der Waals surface area contributed by atoms with Crippen LogP contribution in [0.3, 0.4) is 0 Å². The number of hydrogen-bond donors (Lipinski definition) is 2. The van der Waals surface area contributed by atoms with Gasteiger partial charge in [0.05, 0.1) is 5.25 Å². The van der Waals surface area contributed by atoms with E-state index in [2.05, 4.69) is 38.3 Å².